The molecule has 2 aromatic heterocycles. The summed E-state index contributed by atoms with van der Waals surface area (Å²) in [4.78, 5) is 23.4. The molecule has 3 rings (SSSR count). The molecular formula is C19H22N6O3. The van der Waals surface area contributed by atoms with E-state index in [0.717, 1.165) is 16.9 Å². The van der Waals surface area contributed by atoms with Crippen LogP contribution in [-0.4, -0.2) is 41.8 Å². The molecule has 0 aliphatic heterocycles. The summed E-state index contributed by atoms with van der Waals surface area (Å²) >= 11 is 0. The third-order valence-corrected chi connectivity index (χ3v) is 4.19. The molecule has 9 nitrogen and oxygen atoms in total. The molecule has 2 N–H and O–H groups in total. The number of carboxylic acids is 1. The van der Waals surface area contributed by atoms with Gasteiger partial charge < -0.3 is 10.4 Å². The fourth-order valence-corrected chi connectivity index (χ4v) is 2.88. The molecule has 146 valence electrons. The summed E-state index contributed by atoms with van der Waals surface area (Å²) in [5, 5.41) is 23.6. The number of benzene rings is 1. The molecule has 0 unspecified atom stereocenters. The molecule has 3 aromatic rings. The Labute approximate surface area is 162 Å². The van der Waals surface area contributed by atoms with Crippen LogP contribution in [0.15, 0.2) is 36.7 Å². The van der Waals surface area contributed by atoms with Crippen LogP contribution in [0, 0.1) is 6.92 Å². The van der Waals surface area contributed by atoms with Gasteiger partial charge in [-0.3, -0.25) is 9.59 Å². The Hall–Kier alpha value is -3.49. The molecule has 0 radical (unpaired) electrons. The van der Waals surface area contributed by atoms with Crippen molar-refractivity contribution in [3.63, 3.8) is 0 Å². The molecule has 0 fully saturated rings. The smallest absolute Gasteiger partial charge is 0.325 e. The standard InChI is InChI=1S/C19H22N6O3/c1-12(2)18-16(9-21-25(18)15-6-4-13(3)5-7-15)19(28)20-8-14-10-24(23-22-14)11-17(26)27/h4-7,9-10,12H,8,11H2,1-3H3,(H,20,28)(H,26,27). The second-order valence-corrected chi connectivity index (χ2v) is 6.83. The van der Waals surface area contributed by atoms with E-state index in [9.17, 15) is 9.59 Å². The fourth-order valence-electron chi connectivity index (χ4n) is 2.88. The number of hydrogen-bond acceptors (Lipinski definition) is 5. The SMILES string of the molecule is Cc1ccc(-n2ncc(C(=O)NCc3cn(CC(=O)O)nn3)c2C(C)C)cc1. The van der Waals surface area contributed by atoms with Crippen molar-refractivity contribution in [1.29, 1.82) is 0 Å². The van der Waals surface area contributed by atoms with E-state index in [1.54, 1.807) is 10.9 Å². The number of carbonyl (C=O) groups excluding carboxylic acids is 1. The van der Waals surface area contributed by atoms with Crippen LogP contribution in [0.25, 0.3) is 5.69 Å². The van der Waals surface area contributed by atoms with Gasteiger partial charge in [0.25, 0.3) is 5.91 Å². The number of rotatable bonds is 7. The normalized spacial score (nSPS) is 11.0. The van der Waals surface area contributed by atoms with Crippen LogP contribution in [-0.2, 0) is 17.9 Å². The van der Waals surface area contributed by atoms with Crippen molar-refractivity contribution in [2.45, 2.75) is 39.8 Å². The van der Waals surface area contributed by atoms with Gasteiger partial charge in [-0.15, -0.1) is 5.10 Å². The number of nitrogens with one attached hydrogen (secondary N) is 1. The number of nitrogens with zero attached hydrogens (tertiary/aromatic N) is 5. The van der Waals surface area contributed by atoms with Crippen molar-refractivity contribution in [3.8, 4) is 5.69 Å². The molecule has 9 heteroatoms. The van der Waals surface area contributed by atoms with Crippen LogP contribution in [0.2, 0.25) is 0 Å². The average molecular weight is 382 g/mol. The zero-order valence-electron chi connectivity index (χ0n) is 16.0. The molecule has 0 aliphatic rings. The molecule has 28 heavy (non-hydrogen) atoms. The highest BCUT2D eigenvalue weighted by atomic mass is 16.4. The van der Waals surface area contributed by atoms with Gasteiger partial charge in [0.2, 0.25) is 0 Å². The van der Waals surface area contributed by atoms with Crippen molar-refractivity contribution >= 4 is 11.9 Å². The van der Waals surface area contributed by atoms with E-state index in [-0.39, 0.29) is 24.9 Å². The summed E-state index contributed by atoms with van der Waals surface area (Å²) in [7, 11) is 0. The summed E-state index contributed by atoms with van der Waals surface area (Å²) in [6.07, 6.45) is 3.05. The first-order valence-electron chi connectivity index (χ1n) is 8.89. The number of aryl methyl sites for hydroxylation is 1. The van der Waals surface area contributed by atoms with Gasteiger partial charge in [-0.1, -0.05) is 36.8 Å². The Morgan fingerprint density at radius 3 is 2.57 bits per heavy atom. The predicted octanol–water partition coefficient (Wildman–Crippen LogP) is 1.91. The average Bonchev–Trinajstić information content (AvgIpc) is 3.27. The molecule has 0 saturated heterocycles. The molecule has 1 amide bonds. The Morgan fingerprint density at radius 2 is 1.93 bits per heavy atom. The first kappa shape index (κ1) is 19.3. The molecule has 0 aliphatic carbocycles. The minimum Gasteiger partial charge on any atom is -0.480 e. The van der Waals surface area contributed by atoms with Crippen LogP contribution in [0.5, 0.6) is 0 Å². The number of hydrogen-bond donors (Lipinski definition) is 2. The number of aromatic nitrogens is 5. The fraction of sp³-hybridized carbons (Fsp3) is 0.316. The topological polar surface area (TPSA) is 115 Å². The molecule has 0 bridgehead atoms. The van der Waals surface area contributed by atoms with Crippen molar-refractivity contribution in [1.82, 2.24) is 30.1 Å². The Morgan fingerprint density at radius 1 is 1.21 bits per heavy atom. The second kappa shape index (κ2) is 8.03. The van der Waals surface area contributed by atoms with Gasteiger partial charge in [-0.05, 0) is 25.0 Å². The van der Waals surface area contributed by atoms with Gasteiger partial charge in [-0.2, -0.15) is 5.10 Å². The summed E-state index contributed by atoms with van der Waals surface area (Å²) in [5.41, 5.74) is 3.83. The highest BCUT2D eigenvalue weighted by molar-refractivity contribution is 5.95. The van der Waals surface area contributed by atoms with Crippen molar-refractivity contribution in [2.75, 3.05) is 0 Å². The molecule has 0 atom stereocenters. The quantitative estimate of drug-likeness (QED) is 0.645. The van der Waals surface area contributed by atoms with Crippen molar-refractivity contribution in [3.05, 3.63) is 59.2 Å². The van der Waals surface area contributed by atoms with Gasteiger partial charge in [0, 0.05) is 0 Å². The van der Waals surface area contributed by atoms with Crippen LogP contribution in [0.3, 0.4) is 0 Å². The predicted molar refractivity (Wildman–Crippen MR) is 101 cm³/mol. The summed E-state index contributed by atoms with van der Waals surface area (Å²) < 4.78 is 2.99. The second-order valence-electron chi connectivity index (χ2n) is 6.83. The zero-order valence-corrected chi connectivity index (χ0v) is 16.0. The third kappa shape index (κ3) is 4.25. The Balaban J connectivity index is 1.77. The summed E-state index contributed by atoms with van der Waals surface area (Å²) in [5.74, 6) is -1.19. The number of amides is 1. The van der Waals surface area contributed by atoms with E-state index < -0.39 is 5.97 Å². The van der Waals surface area contributed by atoms with E-state index in [1.165, 1.54) is 10.9 Å². The van der Waals surface area contributed by atoms with Gasteiger partial charge in [0.05, 0.1) is 35.9 Å². The highest BCUT2D eigenvalue weighted by Gasteiger charge is 2.21. The first-order valence-corrected chi connectivity index (χ1v) is 8.89. The van der Waals surface area contributed by atoms with Crippen molar-refractivity contribution in [2.24, 2.45) is 0 Å². The lowest BCUT2D eigenvalue weighted by Gasteiger charge is -2.13. The monoisotopic (exact) mass is 382 g/mol. The Bertz CT molecular complexity index is 988. The van der Waals surface area contributed by atoms with E-state index in [2.05, 4.69) is 20.7 Å². The molecule has 0 spiro atoms. The van der Waals surface area contributed by atoms with Crippen LogP contribution >= 0.6 is 0 Å². The van der Waals surface area contributed by atoms with Gasteiger partial charge in [-0.25, -0.2) is 9.36 Å². The largest absolute Gasteiger partial charge is 0.480 e. The van der Waals surface area contributed by atoms with E-state index in [1.807, 2.05) is 45.0 Å². The van der Waals surface area contributed by atoms with Gasteiger partial charge in [0.1, 0.15) is 12.2 Å². The van der Waals surface area contributed by atoms with Gasteiger partial charge in [0.15, 0.2) is 0 Å². The number of aliphatic carboxylic acids is 1. The lowest BCUT2D eigenvalue weighted by atomic mass is 10.0. The first-order chi connectivity index (χ1) is 13.3. The lowest BCUT2D eigenvalue weighted by Crippen LogP contribution is -2.24. The van der Waals surface area contributed by atoms with Crippen LogP contribution < -0.4 is 5.32 Å². The van der Waals surface area contributed by atoms with E-state index in [4.69, 9.17) is 5.11 Å². The maximum atomic E-state index is 12.7. The maximum absolute atomic E-state index is 12.7. The van der Waals surface area contributed by atoms with Crippen LogP contribution in [0.4, 0.5) is 0 Å². The molecular weight excluding hydrogens is 360 g/mol. The zero-order chi connectivity index (χ0) is 20.3. The number of carbonyl (C=O) groups is 2. The van der Waals surface area contributed by atoms with E-state index in [0.29, 0.717) is 11.3 Å². The molecule has 0 saturated carbocycles. The highest BCUT2D eigenvalue weighted by Crippen LogP contribution is 2.23. The maximum Gasteiger partial charge on any atom is 0.325 e. The van der Waals surface area contributed by atoms with E-state index >= 15 is 0 Å². The van der Waals surface area contributed by atoms with Crippen LogP contribution in [0.1, 0.15) is 47.1 Å². The number of carboxylic acid groups (broad SMARTS) is 1. The lowest BCUT2D eigenvalue weighted by molar-refractivity contribution is -0.137. The van der Waals surface area contributed by atoms with Gasteiger partial charge >= 0.3 is 5.97 Å². The van der Waals surface area contributed by atoms with Crippen molar-refractivity contribution < 1.29 is 14.7 Å². The minimum absolute atomic E-state index is 0.0843. The Kier molecular flexibility index (Phi) is 5.53. The summed E-state index contributed by atoms with van der Waals surface area (Å²) in [6.45, 7) is 5.90. The summed E-state index contributed by atoms with van der Waals surface area (Å²) in [6, 6.07) is 7.94. The minimum atomic E-state index is -1.01. The molecule has 1 aromatic carbocycles. The third-order valence-electron chi connectivity index (χ3n) is 4.19. The molecule has 2 heterocycles.